The van der Waals surface area contributed by atoms with Gasteiger partial charge in [0.2, 0.25) is 5.79 Å². The van der Waals surface area contributed by atoms with Gasteiger partial charge in [-0.3, -0.25) is 9.69 Å². The van der Waals surface area contributed by atoms with Gasteiger partial charge in [0.25, 0.3) is 0 Å². The maximum absolute atomic E-state index is 11.8. The lowest BCUT2D eigenvalue weighted by atomic mass is 9.80. The van der Waals surface area contributed by atoms with Crippen LogP contribution < -0.4 is 0 Å². The van der Waals surface area contributed by atoms with Crippen LogP contribution in [0.25, 0.3) is 0 Å². The molecule has 0 N–H and O–H groups in total. The number of nitrogens with zero attached hydrogens (tertiary/aromatic N) is 1. The zero-order valence-electron chi connectivity index (χ0n) is 10.7. The smallest absolute Gasteiger partial charge is 0.310 e. The Morgan fingerprint density at radius 3 is 3.12 bits per heavy atom. The number of hydrogen-bond acceptors (Lipinski definition) is 4. The molecule has 3 atom stereocenters. The van der Waals surface area contributed by atoms with E-state index in [1.165, 1.54) is 12.8 Å². The summed E-state index contributed by atoms with van der Waals surface area (Å²) >= 11 is 0. The highest BCUT2D eigenvalue weighted by molar-refractivity contribution is 5.75. The zero-order chi connectivity index (χ0) is 12.1. The van der Waals surface area contributed by atoms with Crippen LogP contribution in [-0.4, -0.2) is 41.4 Å². The molecule has 3 aliphatic heterocycles. The predicted octanol–water partition coefficient (Wildman–Crippen LogP) is 1.68. The van der Waals surface area contributed by atoms with E-state index in [2.05, 4.69) is 11.8 Å². The zero-order valence-corrected chi connectivity index (χ0v) is 10.7. The predicted molar refractivity (Wildman–Crippen MR) is 62.4 cm³/mol. The minimum Gasteiger partial charge on any atom is -0.431 e. The molecule has 0 spiro atoms. The molecule has 0 bridgehead atoms. The minimum atomic E-state index is -0.721. The molecule has 0 amide bonds. The van der Waals surface area contributed by atoms with Crippen molar-refractivity contribution in [3.63, 3.8) is 0 Å². The molecule has 0 radical (unpaired) electrons. The van der Waals surface area contributed by atoms with Gasteiger partial charge in [0.05, 0.1) is 18.6 Å². The third-order valence-electron chi connectivity index (χ3n) is 4.73. The first-order valence-electron chi connectivity index (χ1n) is 6.74. The number of ether oxygens (including phenoxy) is 2. The van der Waals surface area contributed by atoms with Crippen molar-refractivity contribution < 1.29 is 14.3 Å². The molecule has 3 fully saturated rings. The standard InChI is InChI=1S/C13H21NO3/c1-3-6-13-8-11(15)17-12(13,2)16-9-10-5-4-7-14(10)13/h10H,3-9H2,1-2H3/t10-,12-,13+/m0/s1. The van der Waals surface area contributed by atoms with Crippen molar-refractivity contribution in [3.05, 3.63) is 0 Å². The van der Waals surface area contributed by atoms with Crippen molar-refractivity contribution in [2.45, 2.75) is 63.3 Å². The first-order chi connectivity index (χ1) is 8.11. The fraction of sp³-hybridized carbons (Fsp3) is 0.923. The summed E-state index contributed by atoms with van der Waals surface area (Å²) in [6.07, 6.45) is 4.93. The number of hydrogen-bond donors (Lipinski definition) is 0. The van der Waals surface area contributed by atoms with E-state index in [-0.39, 0.29) is 11.5 Å². The molecule has 3 heterocycles. The molecule has 0 aromatic heterocycles. The molecule has 0 aromatic rings. The van der Waals surface area contributed by atoms with Gasteiger partial charge in [-0.05, 0) is 25.8 Å². The number of esters is 1. The second-order valence-electron chi connectivity index (χ2n) is 5.68. The van der Waals surface area contributed by atoms with Gasteiger partial charge in [-0.25, -0.2) is 0 Å². The number of morpholine rings is 1. The number of carbonyl (C=O) groups is 1. The van der Waals surface area contributed by atoms with Crippen LogP contribution in [0, 0.1) is 0 Å². The highest BCUT2D eigenvalue weighted by atomic mass is 16.7. The normalized spacial score (nSPS) is 45.5. The lowest BCUT2D eigenvalue weighted by Gasteiger charge is -2.53. The molecule has 0 unspecified atom stereocenters. The van der Waals surface area contributed by atoms with Crippen LogP contribution in [0.4, 0.5) is 0 Å². The molecule has 17 heavy (non-hydrogen) atoms. The highest BCUT2D eigenvalue weighted by Crippen LogP contribution is 2.50. The van der Waals surface area contributed by atoms with E-state index in [1.807, 2.05) is 6.92 Å². The molecule has 4 nitrogen and oxygen atoms in total. The van der Waals surface area contributed by atoms with Gasteiger partial charge >= 0.3 is 5.97 Å². The topological polar surface area (TPSA) is 38.8 Å². The average molecular weight is 239 g/mol. The Hall–Kier alpha value is -0.610. The fourth-order valence-electron chi connectivity index (χ4n) is 3.97. The molecule has 3 aliphatic rings. The fourth-order valence-corrected chi connectivity index (χ4v) is 3.97. The Morgan fingerprint density at radius 2 is 2.35 bits per heavy atom. The lowest BCUT2D eigenvalue weighted by Crippen LogP contribution is -2.67. The summed E-state index contributed by atoms with van der Waals surface area (Å²) in [5, 5.41) is 0. The lowest BCUT2D eigenvalue weighted by molar-refractivity contribution is -0.285. The molecule has 4 heteroatoms. The van der Waals surface area contributed by atoms with E-state index in [0.717, 1.165) is 19.4 Å². The molecular weight excluding hydrogens is 218 g/mol. The first-order valence-corrected chi connectivity index (χ1v) is 6.74. The average Bonchev–Trinajstić information content (AvgIpc) is 2.81. The molecule has 96 valence electrons. The molecule has 0 aliphatic carbocycles. The Bertz CT molecular complexity index is 346. The summed E-state index contributed by atoms with van der Waals surface area (Å²) in [5.74, 6) is -0.825. The van der Waals surface area contributed by atoms with Crippen LogP contribution in [0.5, 0.6) is 0 Å². The van der Waals surface area contributed by atoms with Crippen LogP contribution >= 0.6 is 0 Å². The number of fused-ring (bicyclic) bond motifs is 3. The Labute approximate surface area is 102 Å². The largest absolute Gasteiger partial charge is 0.431 e. The Morgan fingerprint density at radius 1 is 1.53 bits per heavy atom. The van der Waals surface area contributed by atoms with Crippen LogP contribution in [0.2, 0.25) is 0 Å². The molecular formula is C13H21NO3. The first kappa shape index (κ1) is 11.5. The van der Waals surface area contributed by atoms with E-state index in [9.17, 15) is 4.79 Å². The van der Waals surface area contributed by atoms with Gasteiger partial charge in [-0.15, -0.1) is 0 Å². The van der Waals surface area contributed by atoms with Gasteiger partial charge in [0, 0.05) is 13.0 Å². The van der Waals surface area contributed by atoms with Crippen molar-refractivity contribution in [1.82, 2.24) is 4.90 Å². The van der Waals surface area contributed by atoms with Crippen LogP contribution in [-0.2, 0) is 14.3 Å². The van der Waals surface area contributed by atoms with E-state index in [1.54, 1.807) is 0 Å². The molecule has 3 rings (SSSR count). The van der Waals surface area contributed by atoms with E-state index < -0.39 is 5.79 Å². The van der Waals surface area contributed by atoms with Gasteiger partial charge in [0.15, 0.2) is 0 Å². The third-order valence-corrected chi connectivity index (χ3v) is 4.73. The summed E-state index contributed by atoms with van der Waals surface area (Å²) in [5.41, 5.74) is -0.210. The van der Waals surface area contributed by atoms with Gasteiger partial charge in [-0.1, -0.05) is 13.3 Å². The van der Waals surface area contributed by atoms with E-state index in [4.69, 9.17) is 9.47 Å². The molecule has 0 saturated carbocycles. The minimum absolute atomic E-state index is 0.103. The van der Waals surface area contributed by atoms with Gasteiger partial charge in [-0.2, -0.15) is 0 Å². The molecule has 0 aromatic carbocycles. The van der Waals surface area contributed by atoms with Crippen molar-refractivity contribution in [2.75, 3.05) is 13.2 Å². The SMILES string of the molecule is CCC[C@@]12CC(=O)O[C@]1(C)OC[C@@H]1CCCN12. The summed E-state index contributed by atoms with van der Waals surface area (Å²) < 4.78 is 11.5. The van der Waals surface area contributed by atoms with Gasteiger partial charge in [0.1, 0.15) is 0 Å². The summed E-state index contributed by atoms with van der Waals surface area (Å²) in [4.78, 5) is 14.3. The Balaban J connectivity index is 2.01. The van der Waals surface area contributed by atoms with Crippen molar-refractivity contribution >= 4 is 5.97 Å². The summed E-state index contributed by atoms with van der Waals surface area (Å²) in [6.45, 7) is 5.90. The third kappa shape index (κ3) is 1.40. The van der Waals surface area contributed by atoms with Crippen LogP contribution in [0.1, 0.15) is 46.0 Å². The monoisotopic (exact) mass is 239 g/mol. The number of carbonyl (C=O) groups excluding carboxylic acids is 1. The van der Waals surface area contributed by atoms with Crippen molar-refractivity contribution in [3.8, 4) is 0 Å². The highest BCUT2D eigenvalue weighted by Gasteiger charge is 2.65. The second-order valence-corrected chi connectivity index (χ2v) is 5.68. The van der Waals surface area contributed by atoms with E-state index in [0.29, 0.717) is 19.1 Å². The van der Waals surface area contributed by atoms with Crippen molar-refractivity contribution in [2.24, 2.45) is 0 Å². The maximum Gasteiger partial charge on any atom is 0.310 e. The number of rotatable bonds is 2. The molecule has 3 saturated heterocycles. The Kier molecular flexibility index (Phi) is 2.49. The van der Waals surface area contributed by atoms with Crippen LogP contribution in [0.3, 0.4) is 0 Å². The maximum atomic E-state index is 11.8. The van der Waals surface area contributed by atoms with Crippen LogP contribution in [0.15, 0.2) is 0 Å². The van der Waals surface area contributed by atoms with E-state index >= 15 is 0 Å². The second kappa shape index (κ2) is 3.69. The quantitative estimate of drug-likeness (QED) is 0.687. The van der Waals surface area contributed by atoms with Gasteiger partial charge < -0.3 is 9.47 Å². The summed E-state index contributed by atoms with van der Waals surface area (Å²) in [7, 11) is 0. The van der Waals surface area contributed by atoms with Crippen molar-refractivity contribution in [1.29, 1.82) is 0 Å². The summed E-state index contributed by atoms with van der Waals surface area (Å²) in [6, 6.07) is 0.490.